The lowest BCUT2D eigenvalue weighted by atomic mass is 9.59. The molecule has 7 aromatic carbocycles. The molecule has 294 valence electrons. The highest BCUT2D eigenvalue weighted by molar-refractivity contribution is 6.19. The normalized spacial score (nSPS) is 15.1. The van der Waals surface area contributed by atoms with Crippen molar-refractivity contribution in [3.8, 4) is 51.6 Å². The summed E-state index contributed by atoms with van der Waals surface area (Å²) in [6.45, 7) is 14.4. The largest absolute Gasteiger partial charge is 0.309 e. The number of para-hydroxylation sites is 2. The molecule has 0 amide bonds. The van der Waals surface area contributed by atoms with Gasteiger partial charge in [0.2, 0.25) is 5.95 Å². The van der Waals surface area contributed by atoms with Crippen molar-refractivity contribution in [2.24, 2.45) is 5.41 Å². The van der Waals surface area contributed by atoms with Crippen molar-refractivity contribution >= 4 is 43.6 Å². The molecule has 11 rings (SSSR count). The Hall–Kier alpha value is -7.36. The van der Waals surface area contributed by atoms with Gasteiger partial charge in [0.15, 0.2) is 11.6 Å². The maximum Gasteiger partial charge on any atom is 0.238 e. The summed E-state index contributed by atoms with van der Waals surface area (Å²) in [4.78, 5) is 15.6. The zero-order valence-electron chi connectivity index (χ0n) is 35.2. The molecule has 0 spiro atoms. The summed E-state index contributed by atoms with van der Waals surface area (Å²) in [6.07, 6.45) is 0. The highest BCUT2D eigenvalue weighted by atomic mass is 15.2. The smallest absolute Gasteiger partial charge is 0.238 e. The van der Waals surface area contributed by atoms with Crippen LogP contribution in [0, 0.1) is 16.7 Å². The van der Waals surface area contributed by atoms with E-state index in [0.717, 1.165) is 60.8 Å². The molecular weight excluding hydrogens is 745 g/mol. The Bertz CT molecular complexity index is 3450. The number of rotatable bonds is 5. The number of fused-ring (bicyclic) bond motifs is 7. The second-order valence-corrected chi connectivity index (χ2v) is 18.1. The van der Waals surface area contributed by atoms with Crippen molar-refractivity contribution in [1.29, 1.82) is 5.26 Å². The van der Waals surface area contributed by atoms with Crippen molar-refractivity contribution in [2.75, 3.05) is 0 Å². The fourth-order valence-corrected chi connectivity index (χ4v) is 10.0. The highest BCUT2D eigenvalue weighted by Gasteiger charge is 2.56. The summed E-state index contributed by atoms with van der Waals surface area (Å²) in [5, 5.41) is 14.5. The van der Waals surface area contributed by atoms with E-state index < -0.39 is 0 Å². The van der Waals surface area contributed by atoms with Gasteiger partial charge in [-0.1, -0.05) is 151 Å². The molecule has 0 fully saturated rings. The minimum atomic E-state index is -0.0387. The molecule has 0 radical (unpaired) electrons. The molecule has 0 bridgehead atoms. The van der Waals surface area contributed by atoms with E-state index in [4.69, 9.17) is 15.0 Å². The van der Waals surface area contributed by atoms with Crippen LogP contribution in [0.4, 0.5) is 0 Å². The summed E-state index contributed by atoms with van der Waals surface area (Å²) in [7, 11) is 0. The van der Waals surface area contributed by atoms with Gasteiger partial charge in [0.1, 0.15) is 0 Å². The first-order chi connectivity index (χ1) is 29.5. The zero-order chi connectivity index (χ0) is 41.8. The van der Waals surface area contributed by atoms with Crippen LogP contribution in [0.3, 0.4) is 0 Å². The molecule has 6 heteroatoms. The molecule has 1 aliphatic carbocycles. The number of aromatic nitrogens is 5. The SMILES string of the molecule is CC1(C)c2ccc(-n3c4ccccc4c4cc5c6ccccc6n(-c6nc(-c7ccc(-c8ccccc8)cc7)nc(-c7cccc(C#N)c7)n6)c5cc43)cc2C(C)(C)C1(C)C. The summed E-state index contributed by atoms with van der Waals surface area (Å²) >= 11 is 0. The van der Waals surface area contributed by atoms with E-state index in [-0.39, 0.29) is 16.2 Å². The summed E-state index contributed by atoms with van der Waals surface area (Å²) in [5.41, 5.74) is 12.7. The van der Waals surface area contributed by atoms with Crippen LogP contribution < -0.4 is 0 Å². The van der Waals surface area contributed by atoms with Crippen molar-refractivity contribution < 1.29 is 0 Å². The van der Waals surface area contributed by atoms with Crippen molar-refractivity contribution in [3.63, 3.8) is 0 Å². The molecule has 61 heavy (non-hydrogen) atoms. The summed E-state index contributed by atoms with van der Waals surface area (Å²) in [5.74, 6) is 1.55. The van der Waals surface area contributed by atoms with E-state index >= 15 is 0 Å². The van der Waals surface area contributed by atoms with Crippen LogP contribution >= 0.6 is 0 Å². The quantitative estimate of drug-likeness (QED) is 0.174. The molecular formula is C55H44N6. The van der Waals surface area contributed by atoms with Crippen molar-refractivity contribution in [2.45, 2.75) is 52.4 Å². The third kappa shape index (κ3) is 5.30. The Kier molecular flexibility index (Phi) is 7.86. The van der Waals surface area contributed by atoms with E-state index in [0.29, 0.717) is 23.2 Å². The van der Waals surface area contributed by atoms with Crippen LogP contribution in [-0.4, -0.2) is 24.1 Å². The van der Waals surface area contributed by atoms with Gasteiger partial charge in [-0.15, -0.1) is 0 Å². The third-order valence-electron chi connectivity index (χ3n) is 14.5. The minimum Gasteiger partial charge on any atom is -0.309 e. The van der Waals surface area contributed by atoms with Gasteiger partial charge < -0.3 is 4.57 Å². The van der Waals surface area contributed by atoms with Gasteiger partial charge in [-0.25, -0.2) is 4.98 Å². The fourth-order valence-electron chi connectivity index (χ4n) is 10.0. The van der Waals surface area contributed by atoms with Crippen molar-refractivity contribution in [1.82, 2.24) is 24.1 Å². The Labute approximate surface area is 355 Å². The Morgan fingerprint density at radius 3 is 1.67 bits per heavy atom. The predicted molar refractivity (Wildman–Crippen MR) is 249 cm³/mol. The number of hydrogen-bond donors (Lipinski definition) is 0. The Morgan fingerprint density at radius 1 is 0.426 bits per heavy atom. The average Bonchev–Trinajstić information content (AvgIpc) is 3.83. The van der Waals surface area contributed by atoms with Crippen LogP contribution in [-0.2, 0) is 10.8 Å². The molecule has 0 unspecified atom stereocenters. The summed E-state index contributed by atoms with van der Waals surface area (Å²) < 4.78 is 4.62. The van der Waals surface area contributed by atoms with E-state index in [1.165, 1.54) is 21.9 Å². The van der Waals surface area contributed by atoms with Crippen LogP contribution in [0.25, 0.3) is 89.2 Å². The van der Waals surface area contributed by atoms with Gasteiger partial charge >= 0.3 is 0 Å². The van der Waals surface area contributed by atoms with Crippen LogP contribution in [0.2, 0.25) is 0 Å². The molecule has 0 atom stereocenters. The Balaban J connectivity index is 1.18. The molecule has 3 heterocycles. The second-order valence-electron chi connectivity index (χ2n) is 18.1. The van der Waals surface area contributed by atoms with Crippen LogP contribution in [0.15, 0.2) is 158 Å². The van der Waals surface area contributed by atoms with Crippen LogP contribution in [0.1, 0.15) is 58.2 Å². The minimum absolute atomic E-state index is 0.0143. The monoisotopic (exact) mass is 788 g/mol. The molecule has 0 saturated carbocycles. The van der Waals surface area contributed by atoms with Crippen molar-refractivity contribution in [3.05, 3.63) is 174 Å². The first-order valence-corrected chi connectivity index (χ1v) is 21.0. The molecule has 6 nitrogen and oxygen atoms in total. The topological polar surface area (TPSA) is 72.3 Å². The number of nitrogens with zero attached hydrogens (tertiary/aromatic N) is 6. The van der Waals surface area contributed by atoms with E-state index in [1.54, 1.807) is 6.07 Å². The molecule has 1 aliphatic rings. The first kappa shape index (κ1) is 36.7. The molecule has 3 aromatic heterocycles. The lowest BCUT2D eigenvalue weighted by Gasteiger charge is -2.44. The van der Waals surface area contributed by atoms with E-state index in [2.05, 4.69) is 184 Å². The lowest BCUT2D eigenvalue weighted by molar-refractivity contribution is 0.125. The lowest BCUT2D eigenvalue weighted by Crippen LogP contribution is -2.42. The summed E-state index contributed by atoms with van der Waals surface area (Å²) in [6, 6.07) is 57.6. The van der Waals surface area contributed by atoms with Gasteiger partial charge in [0.05, 0.1) is 33.7 Å². The van der Waals surface area contributed by atoms with Gasteiger partial charge in [-0.2, -0.15) is 15.2 Å². The maximum atomic E-state index is 9.85. The predicted octanol–water partition coefficient (Wildman–Crippen LogP) is 13.5. The second kappa shape index (κ2) is 13.1. The fraction of sp³-hybridized carbons (Fsp3) is 0.164. The van der Waals surface area contributed by atoms with Gasteiger partial charge in [0, 0.05) is 38.4 Å². The first-order valence-electron chi connectivity index (χ1n) is 21.0. The third-order valence-corrected chi connectivity index (χ3v) is 14.5. The van der Waals surface area contributed by atoms with Gasteiger partial charge in [-0.05, 0) is 87.0 Å². The van der Waals surface area contributed by atoms with E-state index in [1.807, 2.05) is 24.3 Å². The highest BCUT2D eigenvalue weighted by Crippen LogP contribution is 2.61. The van der Waals surface area contributed by atoms with Gasteiger partial charge in [0.25, 0.3) is 0 Å². The number of nitriles is 1. The Morgan fingerprint density at radius 2 is 0.984 bits per heavy atom. The standard InChI is InChI=1S/C55H44N6/c1-53(2)44-28-27-39(30-45(44)54(3,4)55(53,5)6)60-46-21-12-10-19-40(46)42-31-43-41-20-11-13-22-47(41)61(49(43)32-48(42)60)52-58-50(57-51(59-52)38-18-14-15-34(29-38)33-56)37-25-23-36(24-26-37)35-16-8-7-9-17-35/h7-32H,1-6H3. The van der Waals surface area contributed by atoms with Crippen LogP contribution in [0.5, 0.6) is 0 Å². The molecule has 0 N–H and O–H groups in total. The molecule has 0 aliphatic heterocycles. The average molecular weight is 789 g/mol. The van der Waals surface area contributed by atoms with E-state index in [9.17, 15) is 5.26 Å². The molecule has 0 saturated heterocycles. The van der Waals surface area contributed by atoms with Gasteiger partial charge in [-0.3, -0.25) is 4.57 Å². The number of hydrogen-bond acceptors (Lipinski definition) is 4. The maximum absolute atomic E-state index is 9.85. The molecule has 10 aromatic rings. The number of benzene rings is 7. The zero-order valence-corrected chi connectivity index (χ0v) is 35.2.